The summed E-state index contributed by atoms with van der Waals surface area (Å²) in [7, 11) is 0. The first kappa shape index (κ1) is 15.7. The second-order valence-corrected chi connectivity index (χ2v) is 1.08. The van der Waals surface area contributed by atoms with Crippen LogP contribution in [0.15, 0.2) is 0 Å². The van der Waals surface area contributed by atoms with Gasteiger partial charge < -0.3 is 5.11 Å². The second-order valence-electron chi connectivity index (χ2n) is 1.08. The molecule has 0 aromatic rings. The minimum Gasteiger partial charge on any atom is -0.396 e. The van der Waals surface area contributed by atoms with E-state index in [9.17, 15) is 0 Å². The molecule has 1 nitrogen and oxygen atoms in total. The molecular formula is C4H11ClHfO. The maximum absolute atomic E-state index is 8.07. The van der Waals surface area contributed by atoms with Crippen molar-refractivity contribution in [3.63, 3.8) is 0 Å². The largest absolute Gasteiger partial charge is 0.396 e. The number of hydrogen-bond donors (Lipinski definition) is 1. The van der Waals surface area contributed by atoms with Gasteiger partial charge in [0.15, 0.2) is 0 Å². The van der Waals surface area contributed by atoms with Gasteiger partial charge in [0.2, 0.25) is 0 Å². The molecular weight excluding hydrogens is 278 g/mol. The summed E-state index contributed by atoms with van der Waals surface area (Å²) in [6.45, 7) is 2.40. The number of rotatable bonds is 2. The summed E-state index contributed by atoms with van der Waals surface area (Å²) >= 11 is 0. The van der Waals surface area contributed by atoms with Gasteiger partial charge in [-0.2, -0.15) is 0 Å². The Morgan fingerprint density at radius 1 is 1.43 bits per heavy atom. The number of aliphatic hydroxyl groups is 1. The molecule has 0 bridgehead atoms. The Labute approximate surface area is 69.7 Å². The van der Waals surface area contributed by atoms with Crippen LogP contribution < -0.4 is 0 Å². The predicted octanol–water partition coefficient (Wildman–Crippen LogP) is 1.20. The summed E-state index contributed by atoms with van der Waals surface area (Å²) in [6, 6.07) is 0. The molecule has 1 N–H and O–H groups in total. The van der Waals surface area contributed by atoms with E-state index in [2.05, 4.69) is 6.92 Å². The van der Waals surface area contributed by atoms with Crippen molar-refractivity contribution in [1.82, 2.24) is 0 Å². The van der Waals surface area contributed by atoms with Crippen molar-refractivity contribution >= 4 is 12.4 Å². The van der Waals surface area contributed by atoms with Crippen molar-refractivity contribution < 1.29 is 30.9 Å². The van der Waals surface area contributed by atoms with Gasteiger partial charge in [-0.25, -0.2) is 0 Å². The maximum atomic E-state index is 8.07. The van der Waals surface area contributed by atoms with Crippen LogP contribution >= 0.6 is 12.4 Å². The summed E-state index contributed by atoms with van der Waals surface area (Å²) in [5, 5.41) is 8.07. The van der Waals surface area contributed by atoms with Gasteiger partial charge in [0.25, 0.3) is 0 Å². The molecule has 0 saturated heterocycles. The fourth-order valence-electron chi connectivity index (χ4n) is 0.158. The predicted molar refractivity (Wildman–Crippen MR) is 29.2 cm³/mol. The third kappa shape index (κ3) is 19.2. The molecule has 0 unspecified atom stereocenters. The molecule has 0 aromatic heterocycles. The summed E-state index contributed by atoms with van der Waals surface area (Å²) in [5.41, 5.74) is 0. The molecule has 0 amide bonds. The molecule has 0 saturated carbocycles. The van der Waals surface area contributed by atoms with Crippen molar-refractivity contribution in [2.45, 2.75) is 19.8 Å². The van der Waals surface area contributed by atoms with Crippen molar-refractivity contribution in [2.75, 3.05) is 6.61 Å². The minimum atomic E-state index is 0. The maximum Gasteiger partial charge on any atom is 0.0430 e. The Hall–Kier alpha value is 1.12. The van der Waals surface area contributed by atoms with Gasteiger partial charge in [-0.3, -0.25) is 0 Å². The van der Waals surface area contributed by atoms with Crippen LogP contribution in [0.1, 0.15) is 19.8 Å². The van der Waals surface area contributed by atoms with Crippen LogP contribution in [0, 0.1) is 0 Å². The quantitative estimate of drug-likeness (QED) is 0.757. The molecule has 0 aliphatic heterocycles. The molecule has 0 heterocycles. The van der Waals surface area contributed by atoms with Gasteiger partial charge >= 0.3 is 0 Å². The van der Waals surface area contributed by atoms with E-state index < -0.39 is 0 Å². The zero-order chi connectivity index (χ0) is 4.12. The van der Waals surface area contributed by atoms with Crippen molar-refractivity contribution in [3.05, 3.63) is 0 Å². The van der Waals surface area contributed by atoms with E-state index in [1.54, 1.807) is 0 Å². The Morgan fingerprint density at radius 3 is 1.86 bits per heavy atom. The summed E-state index contributed by atoms with van der Waals surface area (Å²) < 4.78 is 0. The van der Waals surface area contributed by atoms with Gasteiger partial charge in [-0.1, -0.05) is 13.3 Å². The zero-order valence-electron chi connectivity index (χ0n) is 4.48. The molecule has 0 aliphatic rings. The second kappa shape index (κ2) is 15.7. The van der Waals surface area contributed by atoms with Gasteiger partial charge in [0.05, 0.1) is 0 Å². The van der Waals surface area contributed by atoms with E-state index in [0.29, 0.717) is 6.61 Å². The van der Waals surface area contributed by atoms with Gasteiger partial charge in [0, 0.05) is 32.5 Å². The van der Waals surface area contributed by atoms with Crippen LogP contribution in [-0.4, -0.2) is 11.7 Å². The Bertz CT molecular complexity index is 19.2. The van der Waals surface area contributed by atoms with Gasteiger partial charge in [-0.15, -0.1) is 12.4 Å². The van der Waals surface area contributed by atoms with Crippen LogP contribution in [0.25, 0.3) is 0 Å². The van der Waals surface area contributed by atoms with Crippen LogP contribution in [0.5, 0.6) is 0 Å². The van der Waals surface area contributed by atoms with E-state index in [1.807, 2.05) is 0 Å². The van der Waals surface area contributed by atoms with E-state index in [4.69, 9.17) is 5.11 Å². The average molecular weight is 289 g/mol. The molecule has 44 valence electrons. The van der Waals surface area contributed by atoms with E-state index in [-0.39, 0.29) is 38.3 Å². The number of hydrogen-bond acceptors (Lipinski definition) is 1. The molecule has 0 atom stereocenters. The first-order chi connectivity index (χ1) is 2.41. The van der Waals surface area contributed by atoms with Crippen molar-refractivity contribution in [1.29, 1.82) is 0 Å². The van der Waals surface area contributed by atoms with E-state index in [0.717, 1.165) is 12.8 Å². The van der Waals surface area contributed by atoms with Crippen LogP contribution in [0.3, 0.4) is 0 Å². The Kier molecular flexibility index (Phi) is 35.2. The van der Waals surface area contributed by atoms with Crippen LogP contribution in [0.4, 0.5) is 0 Å². The molecule has 3 heteroatoms. The topological polar surface area (TPSA) is 20.2 Å². The third-order valence-electron chi connectivity index (χ3n) is 0.512. The fraction of sp³-hybridized carbons (Fsp3) is 1.00. The average Bonchev–Trinajstić information content (AvgIpc) is 1.41. The summed E-state index contributed by atoms with van der Waals surface area (Å²) in [5.74, 6) is 0. The molecule has 0 spiro atoms. The monoisotopic (exact) mass is 290 g/mol. The zero-order valence-corrected chi connectivity index (χ0v) is 8.89. The third-order valence-corrected chi connectivity index (χ3v) is 0.512. The number of unbranched alkanes of at least 4 members (excludes halogenated alkanes) is 1. The minimum absolute atomic E-state index is 0. The number of halogens is 1. The van der Waals surface area contributed by atoms with Crippen LogP contribution in [0.2, 0.25) is 0 Å². The summed E-state index contributed by atoms with van der Waals surface area (Å²) in [6.07, 6.45) is 2.04. The molecule has 0 aliphatic carbocycles. The standard InChI is InChI=1S/C4H10O.ClH.Hf/c1-2-3-4-5;;/h5H,2-4H2,1H3;1H;. The van der Waals surface area contributed by atoms with Crippen LogP contribution in [-0.2, 0) is 25.8 Å². The normalized spacial score (nSPS) is 6.00. The SMILES string of the molecule is CCCCO.Cl.[Hf]. The molecule has 0 aromatic carbocycles. The molecule has 7 heavy (non-hydrogen) atoms. The first-order valence-corrected chi connectivity index (χ1v) is 2.02. The summed E-state index contributed by atoms with van der Waals surface area (Å²) in [4.78, 5) is 0. The Balaban J connectivity index is -0.0000000800. The molecule has 0 fully saturated rings. The molecule has 0 rings (SSSR count). The Morgan fingerprint density at radius 2 is 1.86 bits per heavy atom. The number of aliphatic hydroxyl groups excluding tert-OH is 1. The fourth-order valence-corrected chi connectivity index (χ4v) is 0.158. The molecule has 0 radical (unpaired) electrons. The first-order valence-electron chi connectivity index (χ1n) is 2.02. The van der Waals surface area contributed by atoms with Gasteiger partial charge in [0.1, 0.15) is 0 Å². The van der Waals surface area contributed by atoms with Gasteiger partial charge in [-0.05, 0) is 6.42 Å². The van der Waals surface area contributed by atoms with Crippen molar-refractivity contribution in [3.8, 4) is 0 Å². The van der Waals surface area contributed by atoms with E-state index >= 15 is 0 Å². The van der Waals surface area contributed by atoms with E-state index in [1.165, 1.54) is 0 Å². The smallest absolute Gasteiger partial charge is 0.0430 e. The van der Waals surface area contributed by atoms with Crippen molar-refractivity contribution in [2.24, 2.45) is 0 Å².